The van der Waals surface area contributed by atoms with Crippen molar-refractivity contribution in [3.8, 4) is 0 Å². The quantitative estimate of drug-likeness (QED) is 0.707. The van der Waals surface area contributed by atoms with E-state index in [1.54, 1.807) is 0 Å². The summed E-state index contributed by atoms with van der Waals surface area (Å²) in [6, 6.07) is 0. The van der Waals surface area contributed by atoms with Crippen molar-refractivity contribution < 1.29 is 5.11 Å². The van der Waals surface area contributed by atoms with Gasteiger partial charge in [-0.3, -0.25) is 0 Å². The molecule has 0 radical (unpaired) electrons. The first kappa shape index (κ1) is 11.4. The lowest BCUT2D eigenvalue weighted by Gasteiger charge is -2.15. The highest BCUT2D eigenvalue weighted by Crippen LogP contribution is 2.28. The fraction of sp³-hybridized carbons (Fsp3) is 1.00. The molecule has 78 valence electrons. The molecule has 1 aliphatic carbocycles. The predicted molar refractivity (Wildman–Crippen MR) is 60.2 cm³/mol. The van der Waals surface area contributed by atoms with Crippen LogP contribution in [0.1, 0.15) is 45.4 Å². The molecule has 1 nitrogen and oxygen atoms in total. The van der Waals surface area contributed by atoms with Crippen molar-refractivity contribution in [1.82, 2.24) is 0 Å². The van der Waals surface area contributed by atoms with Crippen molar-refractivity contribution in [3.05, 3.63) is 0 Å². The molecular weight excluding hydrogens is 180 g/mol. The normalized spacial score (nSPS) is 22.6. The van der Waals surface area contributed by atoms with Gasteiger partial charge in [-0.15, -0.1) is 0 Å². The highest BCUT2D eigenvalue weighted by atomic mass is 32.2. The second kappa shape index (κ2) is 6.72. The summed E-state index contributed by atoms with van der Waals surface area (Å²) >= 11 is 2.08. The molecular formula is C11H22OS. The molecule has 0 heterocycles. The lowest BCUT2D eigenvalue weighted by Crippen LogP contribution is -2.09. The lowest BCUT2D eigenvalue weighted by atomic mass is 10.2. The number of rotatable bonds is 4. The Bertz CT molecular complexity index is 119. The second-order valence-electron chi connectivity index (χ2n) is 4.23. The van der Waals surface area contributed by atoms with Gasteiger partial charge in [0, 0.05) is 11.9 Å². The van der Waals surface area contributed by atoms with Crippen molar-refractivity contribution in [3.63, 3.8) is 0 Å². The summed E-state index contributed by atoms with van der Waals surface area (Å²) in [6.07, 6.45) is 8.53. The van der Waals surface area contributed by atoms with Crippen LogP contribution >= 0.6 is 11.8 Å². The van der Waals surface area contributed by atoms with Crippen LogP contribution in [-0.4, -0.2) is 22.7 Å². The van der Waals surface area contributed by atoms with Gasteiger partial charge in [-0.1, -0.05) is 32.6 Å². The smallest absolute Gasteiger partial charge is 0.0464 e. The van der Waals surface area contributed by atoms with Gasteiger partial charge in [-0.2, -0.15) is 11.8 Å². The average molecular weight is 202 g/mol. The SMILES string of the molecule is CC(CO)CSC1CCCCCC1. The van der Waals surface area contributed by atoms with Gasteiger partial charge < -0.3 is 5.11 Å². The largest absolute Gasteiger partial charge is 0.396 e. The Kier molecular flexibility index (Phi) is 5.88. The fourth-order valence-electron chi connectivity index (χ4n) is 1.76. The summed E-state index contributed by atoms with van der Waals surface area (Å²) in [5.41, 5.74) is 0. The standard InChI is InChI=1S/C11H22OS/c1-10(8-12)9-13-11-6-4-2-3-5-7-11/h10-12H,2-9H2,1H3. The van der Waals surface area contributed by atoms with E-state index in [0.717, 1.165) is 11.0 Å². The van der Waals surface area contributed by atoms with Crippen LogP contribution in [0.15, 0.2) is 0 Å². The van der Waals surface area contributed by atoms with Gasteiger partial charge in [-0.05, 0) is 24.5 Å². The zero-order valence-corrected chi connectivity index (χ0v) is 9.48. The minimum Gasteiger partial charge on any atom is -0.396 e. The number of thioether (sulfide) groups is 1. The van der Waals surface area contributed by atoms with E-state index < -0.39 is 0 Å². The van der Waals surface area contributed by atoms with Crippen molar-refractivity contribution in [2.45, 2.75) is 50.7 Å². The monoisotopic (exact) mass is 202 g/mol. The maximum absolute atomic E-state index is 8.91. The van der Waals surface area contributed by atoms with Crippen LogP contribution in [-0.2, 0) is 0 Å². The van der Waals surface area contributed by atoms with Gasteiger partial charge in [0.1, 0.15) is 0 Å². The first-order chi connectivity index (χ1) is 6.33. The Morgan fingerprint density at radius 1 is 1.23 bits per heavy atom. The Labute approximate surface area is 86.3 Å². The second-order valence-corrected chi connectivity index (χ2v) is 5.57. The summed E-state index contributed by atoms with van der Waals surface area (Å²) in [7, 11) is 0. The maximum Gasteiger partial charge on any atom is 0.0464 e. The van der Waals surface area contributed by atoms with E-state index in [2.05, 4.69) is 18.7 Å². The fourth-order valence-corrected chi connectivity index (χ4v) is 3.13. The van der Waals surface area contributed by atoms with Gasteiger partial charge in [0.25, 0.3) is 0 Å². The molecule has 1 unspecified atom stereocenters. The highest BCUT2D eigenvalue weighted by molar-refractivity contribution is 7.99. The molecule has 2 heteroatoms. The van der Waals surface area contributed by atoms with Crippen LogP contribution in [0.3, 0.4) is 0 Å². The number of hydrogen-bond donors (Lipinski definition) is 1. The third-order valence-corrected chi connectivity index (χ3v) is 4.43. The molecule has 1 saturated carbocycles. The first-order valence-electron chi connectivity index (χ1n) is 5.55. The zero-order valence-electron chi connectivity index (χ0n) is 8.67. The Morgan fingerprint density at radius 2 is 1.85 bits per heavy atom. The molecule has 1 atom stereocenters. The third kappa shape index (κ3) is 4.92. The van der Waals surface area contributed by atoms with Gasteiger partial charge in [0.05, 0.1) is 0 Å². The van der Waals surface area contributed by atoms with Crippen LogP contribution in [0.25, 0.3) is 0 Å². The first-order valence-corrected chi connectivity index (χ1v) is 6.60. The van der Waals surface area contributed by atoms with Crippen LogP contribution in [0.4, 0.5) is 0 Å². The van der Waals surface area contributed by atoms with E-state index in [4.69, 9.17) is 5.11 Å². The molecule has 0 amide bonds. The van der Waals surface area contributed by atoms with E-state index in [1.165, 1.54) is 38.5 Å². The van der Waals surface area contributed by atoms with Crippen LogP contribution in [0.5, 0.6) is 0 Å². The third-order valence-electron chi connectivity index (χ3n) is 2.73. The molecule has 1 fully saturated rings. The molecule has 0 aromatic carbocycles. The van der Waals surface area contributed by atoms with Gasteiger partial charge in [0.15, 0.2) is 0 Å². The number of hydrogen-bond acceptors (Lipinski definition) is 2. The summed E-state index contributed by atoms with van der Waals surface area (Å²) < 4.78 is 0. The van der Waals surface area contributed by atoms with E-state index in [9.17, 15) is 0 Å². The Hall–Kier alpha value is 0.310. The summed E-state index contributed by atoms with van der Waals surface area (Å²) in [4.78, 5) is 0. The average Bonchev–Trinajstić information content (AvgIpc) is 2.42. The summed E-state index contributed by atoms with van der Waals surface area (Å²) in [5.74, 6) is 1.62. The molecule has 13 heavy (non-hydrogen) atoms. The van der Waals surface area contributed by atoms with Gasteiger partial charge >= 0.3 is 0 Å². The van der Waals surface area contributed by atoms with Gasteiger partial charge in [-0.25, -0.2) is 0 Å². The van der Waals surface area contributed by atoms with Crippen LogP contribution < -0.4 is 0 Å². The van der Waals surface area contributed by atoms with E-state index in [-0.39, 0.29) is 0 Å². The van der Waals surface area contributed by atoms with Crippen molar-refractivity contribution in [1.29, 1.82) is 0 Å². The number of aliphatic hydroxyl groups excluding tert-OH is 1. The topological polar surface area (TPSA) is 20.2 Å². The predicted octanol–water partition coefficient (Wildman–Crippen LogP) is 3.07. The lowest BCUT2D eigenvalue weighted by molar-refractivity contribution is 0.250. The van der Waals surface area contributed by atoms with Crippen molar-refractivity contribution >= 4 is 11.8 Å². The van der Waals surface area contributed by atoms with Crippen molar-refractivity contribution in [2.24, 2.45) is 5.92 Å². The summed E-state index contributed by atoms with van der Waals surface area (Å²) in [5, 5.41) is 9.79. The number of aliphatic hydroxyl groups is 1. The van der Waals surface area contributed by atoms with Gasteiger partial charge in [0.2, 0.25) is 0 Å². The molecule has 0 spiro atoms. The molecule has 0 aliphatic heterocycles. The summed E-state index contributed by atoms with van der Waals surface area (Å²) in [6.45, 7) is 2.48. The van der Waals surface area contributed by atoms with E-state index in [1.807, 2.05) is 0 Å². The minimum atomic E-state index is 0.347. The Morgan fingerprint density at radius 3 is 2.38 bits per heavy atom. The molecule has 0 aromatic rings. The molecule has 0 aromatic heterocycles. The van der Waals surface area contributed by atoms with E-state index >= 15 is 0 Å². The molecule has 0 bridgehead atoms. The molecule has 0 saturated heterocycles. The van der Waals surface area contributed by atoms with Crippen LogP contribution in [0.2, 0.25) is 0 Å². The minimum absolute atomic E-state index is 0.347. The molecule has 1 N–H and O–H groups in total. The zero-order chi connectivity index (χ0) is 9.52. The molecule has 1 aliphatic rings. The van der Waals surface area contributed by atoms with Crippen LogP contribution in [0, 0.1) is 5.92 Å². The maximum atomic E-state index is 8.91. The van der Waals surface area contributed by atoms with E-state index in [0.29, 0.717) is 12.5 Å². The molecule has 1 rings (SSSR count). The van der Waals surface area contributed by atoms with Crippen molar-refractivity contribution in [2.75, 3.05) is 12.4 Å². The highest BCUT2D eigenvalue weighted by Gasteiger charge is 2.13. The Balaban J connectivity index is 2.11.